The predicted molar refractivity (Wildman–Crippen MR) is 44.1 cm³/mol. The second kappa shape index (κ2) is 4.69. The number of hydrogen-bond donors (Lipinski definition) is 1. The summed E-state index contributed by atoms with van der Waals surface area (Å²) in [6.07, 6.45) is 0.141. The monoisotopic (exact) mass is 204 g/mol. The molecule has 0 saturated carbocycles. The lowest BCUT2D eigenvalue weighted by Gasteiger charge is -2.02. The van der Waals surface area contributed by atoms with E-state index in [1.165, 1.54) is 0 Å². The summed E-state index contributed by atoms with van der Waals surface area (Å²) < 4.78 is 29.3. The highest BCUT2D eigenvalue weighted by Gasteiger charge is 2.16. The van der Waals surface area contributed by atoms with E-state index < -0.39 is 19.3 Å². The fourth-order valence-electron chi connectivity index (χ4n) is 0.898. The normalized spacial score (nSPS) is 10.2. The molecule has 0 fully saturated rings. The average molecular weight is 204 g/mol. The SMILES string of the molecule is CCC(=O)Oc1c(CF)n[nH]c1CF. The van der Waals surface area contributed by atoms with Crippen LogP contribution in [0.2, 0.25) is 0 Å². The summed E-state index contributed by atoms with van der Waals surface area (Å²) in [6.45, 7) is -0.186. The molecule has 6 heteroatoms. The highest BCUT2D eigenvalue weighted by Crippen LogP contribution is 2.23. The Morgan fingerprint density at radius 3 is 2.71 bits per heavy atom. The van der Waals surface area contributed by atoms with Crippen LogP contribution in [0.1, 0.15) is 24.7 Å². The minimum Gasteiger partial charge on any atom is -0.422 e. The standard InChI is InChI=1S/C8H10F2N2O2/c1-2-7(13)14-8-5(3-9)11-12-6(8)4-10/h2-4H2,1H3,(H,11,12). The number of aromatic amines is 1. The zero-order valence-corrected chi connectivity index (χ0v) is 7.64. The van der Waals surface area contributed by atoms with Gasteiger partial charge in [-0.25, -0.2) is 8.78 Å². The first-order chi connectivity index (χ1) is 6.72. The van der Waals surface area contributed by atoms with Crippen LogP contribution in [0.4, 0.5) is 8.78 Å². The van der Waals surface area contributed by atoms with Crippen molar-refractivity contribution in [1.82, 2.24) is 10.2 Å². The Balaban J connectivity index is 2.90. The van der Waals surface area contributed by atoms with E-state index in [0.29, 0.717) is 0 Å². The molecule has 1 aromatic heterocycles. The Bertz CT molecular complexity index is 304. The number of carbonyl (C=O) groups is 1. The van der Waals surface area contributed by atoms with Gasteiger partial charge in [-0.3, -0.25) is 9.89 Å². The van der Waals surface area contributed by atoms with E-state index in [1.54, 1.807) is 6.92 Å². The van der Waals surface area contributed by atoms with Crippen molar-refractivity contribution in [2.75, 3.05) is 0 Å². The summed E-state index contributed by atoms with van der Waals surface area (Å²) in [7, 11) is 0. The molecule has 0 aliphatic heterocycles. The first-order valence-corrected chi connectivity index (χ1v) is 4.11. The van der Waals surface area contributed by atoms with Gasteiger partial charge in [-0.05, 0) is 0 Å². The number of nitrogens with zero attached hydrogens (tertiary/aromatic N) is 1. The molecular weight excluding hydrogens is 194 g/mol. The number of alkyl halides is 2. The molecule has 0 aliphatic carbocycles. The van der Waals surface area contributed by atoms with Crippen molar-refractivity contribution < 1.29 is 18.3 Å². The molecule has 0 aromatic carbocycles. The molecule has 0 aliphatic rings. The summed E-state index contributed by atoms with van der Waals surface area (Å²) in [5, 5.41) is 5.74. The van der Waals surface area contributed by atoms with Crippen molar-refractivity contribution in [2.24, 2.45) is 0 Å². The van der Waals surface area contributed by atoms with Gasteiger partial charge in [0.15, 0.2) is 5.75 Å². The minimum atomic E-state index is -0.900. The molecule has 1 N–H and O–H groups in total. The molecule has 1 rings (SSSR count). The van der Waals surface area contributed by atoms with E-state index in [2.05, 4.69) is 10.2 Å². The van der Waals surface area contributed by atoms with Crippen LogP contribution in [-0.2, 0) is 18.1 Å². The van der Waals surface area contributed by atoms with Crippen molar-refractivity contribution in [3.8, 4) is 5.75 Å². The third kappa shape index (κ3) is 2.07. The van der Waals surface area contributed by atoms with E-state index in [4.69, 9.17) is 4.74 Å². The van der Waals surface area contributed by atoms with Gasteiger partial charge in [0, 0.05) is 6.42 Å². The lowest BCUT2D eigenvalue weighted by Crippen LogP contribution is -2.07. The Morgan fingerprint density at radius 1 is 1.50 bits per heavy atom. The number of rotatable bonds is 4. The Kier molecular flexibility index (Phi) is 3.55. The maximum absolute atomic E-state index is 12.3. The lowest BCUT2D eigenvalue weighted by atomic mass is 10.3. The number of nitrogens with one attached hydrogen (secondary N) is 1. The number of carbonyl (C=O) groups excluding carboxylic acids is 1. The van der Waals surface area contributed by atoms with Crippen LogP contribution in [0.3, 0.4) is 0 Å². The van der Waals surface area contributed by atoms with Crippen LogP contribution in [-0.4, -0.2) is 16.2 Å². The second-order valence-corrected chi connectivity index (χ2v) is 2.57. The lowest BCUT2D eigenvalue weighted by molar-refractivity contribution is -0.134. The molecule has 78 valence electrons. The van der Waals surface area contributed by atoms with E-state index in [9.17, 15) is 13.6 Å². The summed E-state index contributed by atoms with van der Waals surface area (Å²) in [6, 6.07) is 0. The van der Waals surface area contributed by atoms with Gasteiger partial charge < -0.3 is 4.74 Å². The van der Waals surface area contributed by atoms with Crippen LogP contribution in [0.5, 0.6) is 5.75 Å². The number of hydrogen-bond acceptors (Lipinski definition) is 3. The summed E-state index contributed by atoms with van der Waals surface area (Å²) in [4.78, 5) is 10.9. The molecule has 14 heavy (non-hydrogen) atoms. The molecule has 4 nitrogen and oxygen atoms in total. The van der Waals surface area contributed by atoms with Crippen LogP contribution in [0, 0.1) is 0 Å². The largest absolute Gasteiger partial charge is 0.422 e. The van der Waals surface area contributed by atoms with E-state index in [1.807, 2.05) is 0 Å². The molecule has 0 amide bonds. The van der Waals surface area contributed by atoms with Gasteiger partial charge in [0.05, 0.1) is 0 Å². The zero-order chi connectivity index (χ0) is 10.6. The van der Waals surface area contributed by atoms with Crippen LogP contribution in [0.25, 0.3) is 0 Å². The number of ether oxygens (including phenoxy) is 1. The number of esters is 1. The smallest absolute Gasteiger partial charge is 0.311 e. The molecule has 1 heterocycles. The molecule has 1 aromatic rings. The van der Waals surface area contributed by atoms with Crippen LogP contribution in [0.15, 0.2) is 0 Å². The quantitative estimate of drug-likeness (QED) is 0.759. The minimum absolute atomic E-state index is 0.0144. The molecule has 0 radical (unpaired) electrons. The fraction of sp³-hybridized carbons (Fsp3) is 0.500. The van der Waals surface area contributed by atoms with Gasteiger partial charge in [0.2, 0.25) is 0 Å². The molecule has 0 bridgehead atoms. The van der Waals surface area contributed by atoms with E-state index in [0.717, 1.165) is 0 Å². The molecule has 0 atom stereocenters. The van der Waals surface area contributed by atoms with Crippen molar-refractivity contribution >= 4 is 5.97 Å². The number of halogens is 2. The summed E-state index contributed by atoms with van der Waals surface area (Å²) in [5.41, 5.74) is -0.0982. The Hall–Kier alpha value is -1.46. The second-order valence-electron chi connectivity index (χ2n) is 2.57. The first-order valence-electron chi connectivity index (χ1n) is 4.11. The number of H-pyrrole nitrogens is 1. The van der Waals surface area contributed by atoms with Crippen LogP contribution < -0.4 is 4.74 Å². The third-order valence-corrected chi connectivity index (χ3v) is 1.63. The maximum Gasteiger partial charge on any atom is 0.311 e. The summed E-state index contributed by atoms with van der Waals surface area (Å²) >= 11 is 0. The van der Waals surface area contributed by atoms with E-state index >= 15 is 0 Å². The average Bonchev–Trinajstić information content (AvgIpc) is 2.60. The van der Waals surface area contributed by atoms with Gasteiger partial charge in [-0.1, -0.05) is 6.92 Å². The Labute approximate surface area is 79.3 Å². The molecule has 0 unspecified atom stereocenters. The highest BCUT2D eigenvalue weighted by atomic mass is 19.1. The predicted octanol–water partition coefficient (Wildman–Crippen LogP) is 1.66. The van der Waals surface area contributed by atoms with Crippen molar-refractivity contribution in [1.29, 1.82) is 0 Å². The molecular formula is C8H10F2N2O2. The van der Waals surface area contributed by atoms with Crippen molar-refractivity contribution in [2.45, 2.75) is 26.7 Å². The Morgan fingerprint density at radius 2 is 2.21 bits per heavy atom. The zero-order valence-electron chi connectivity index (χ0n) is 7.64. The van der Waals surface area contributed by atoms with Crippen molar-refractivity contribution in [3.63, 3.8) is 0 Å². The third-order valence-electron chi connectivity index (χ3n) is 1.63. The molecule has 0 saturated heterocycles. The van der Waals surface area contributed by atoms with Crippen LogP contribution >= 0.6 is 0 Å². The number of aromatic nitrogens is 2. The first kappa shape index (κ1) is 10.6. The van der Waals surface area contributed by atoms with Gasteiger partial charge in [0.1, 0.15) is 24.7 Å². The van der Waals surface area contributed by atoms with Gasteiger partial charge in [-0.15, -0.1) is 0 Å². The van der Waals surface area contributed by atoms with Crippen molar-refractivity contribution in [3.05, 3.63) is 11.4 Å². The van der Waals surface area contributed by atoms with Gasteiger partial charge in [0.25, 0.3) is 0 Å². The maximum atomic E-state index is 12.3. The van der Waals surface area contributed by atoms with Gasteiger partial charge >= 0.3 is 5.97 Å². The topological polar surface area (TPSA) is 55.0 Å². The summed E-state index contributed by atoms with van der Waals surface area (Å²) in [5.74, 6) is -0.669. The highest BCUT2D eigenvalue weighted by molar-refractivity contribution is 5.72. The molecule has 0 spiro atoms. The fourth-order valence-corrected chi connectivity index (χ4v) is 0.898. The van der Waals surface area contributed by atoms with Gasteiger partial charge in [-0.2, -0.15) is 5.10 Å². The van der Waals surface area contributed by atoms with E-state index in [-0.39, 0.29) is 23.6 Å².